The lowest BCUT2D eigenvalue weighted by Crippen LogP contribution is -2.31. The number of nitrogens with two attached hydrogens (primary N) is 1. The highest BCUT2D eigenvalue weighted by molar-refractivity contribution is 9.10. The zero-order valence-electron chi connectivity index (χ0n) is 10.8. The van der Waals surface area contributed by atoms with Crippen LogP contribution in [-0.4, -0.2) is 9.78 Å². The fourth-order valence-corrected chi connectivity index (χ4v) is 2.65. The van der Waals surface area contributed by atoms with Gasteiger partial charge in [0.1, 0.15) is 0 Å². The summed E-state index contributed by atoms with van der Waals surface area (Å²) in [5, 5.41) is 5.08. The van der Waals surface area contributed by atoms with Gasteiger partial charge in [0.05, 0.1) is 22.4 Å². The molecular weight excluding hydrogens is 328 g/mol. The standard InChI is InChI=1S/C13H16BrClN4/c1-8(2)19-13(11(14)7-17-19)12(18-16)9-3-5-10(15)6-4-9/h3-8,12,18H,16H2,1-2H3. The van der Waals surface area contributed by atoms with Crippen molar-refractivity contribution in [1.82, 2.24) is 15.2 Å². The average molecular weight is 344 g/mol. The van der Waals surface area contributed by atoms with Gasteiger partial charge in [-0.1, -0.05) is 23.7 Å². The molecule has 19 heavy (non-hydrogen) atoms. The van der Waals surface area contributed by atoms with Gasteiger partial charge in [0.2, 0.25) is 0 Å². The van der Waals surface area contributed by atoms with E-state index in [4.69, 9.17) is 17.4 Å². The highest BCUT2D eigenvalue weighted by Gasteiger charge is 2.22. The van der Waals surface area contributed by atoms with E-state index in [1.165, 1.54) is 0 Å². The van der Waals surface area contributed by atoms with Crippen LogP contribution in [0.4, 0.5) is 0 Å². The zero-order chi connectivity index (χ0) is 14.0. The summed E-state index contributed by atoms with van der Waals surface area (Å²) < 4.78 is 2.88. The predicted octanol–water partition coefficient (Wildman–Crippen LogP) is 3.43. The van der Waals surface area contributed by atoms with E-state index in [2.05, 4.69) is 40.3 Å². The van der Waals surface area contributed by atoms with Crippen molar-refractivity contribution in [2.45, 2.75) is 25.9 Å². The van der Waals surface area contributed by atoms with Crippen molar-refractivity contribution in [3.63, 3.8) is 0 Å². The molecule has 0 saturated carbocycles. The Balaban J connectivity index is 2.47. The third-order valence-electron chi connectivity index (χ3n) is 2.92. The molecule has 6 heteroatoms. The van der Waals surface area contributed by atoms with Crippen LogP contribution >= 0.6 is 27.5 Å². The maximum atomic E-state index is 5.92. The molecule has 2 rings (SSSR count). The Kier molecular flexibility index (Phi) is 4.62. The summed E-state index contributed by atoms with van der Waals surface area (Å²) in [5.74, 6) is 5.73. The van der Waals surface area contributed by atoms with E-state index in [1.54, 1.807) is 6.20 Å². The van der Waals surface area contributed by atoms with Crippen molar-refractivity contribution in [3.8, 4) is 0 Å². The summed E-state index contributed by atoms with van der Waals surface area (Å²) in [6.07, 6.45) is 1.79. The first-order valence-electron chi connectivity index (χ1n) is 5.99. The maximum absolute atomic E-state index is 5.92. The summed E-state index contributed by atoms with van der Waals surface area (Å²) in [6.45, 7) is 4.16. The Morgan fingerprint density at radius 1 is 1.32 bits per heavy atom. The normalized spacial score (nSPS) is 12.9. The lowest BCUT2D eigenvalue weighted by Gasteiger charge is -2.20. The Bertz CT molecular complexity index is 550. The molecule has 2 aromatic rings. The number of rotatable bonds is 4. The fraction of sp³-hybridized carbons (Fsp3) is 0.308. The van der Waals surface area contributed by atoms with Crippen LogP contribution in [-0.2, 0) is 0 Å². The number of hydrazine groups is 1. The molecule has 102 valence electrons. The SMILES string of the molecule is CC(C)n1ncc(Br)c1C(NN)c1ccc(Cl)cc1. The molecule has 1 aromatic heterocycles. The largest absolute Gasteiger partial charge is 0.271 e. The van der Waals surface area contributed by atoms with Crippen LogP contribution in [0.25, 0.3) is 0 Å². The molecular formula is C13H16BrClN4. The van der Waals surface area contributed by atoms with E-state index in [1.807, 2.05) is 28.9 Å². The number of hydrogen-bond donors (Lipinski definition) is 2. The van der Waals surface area contributed by atoms with E-state index in [0.29, 0.717) is 5.02 Å². The van der Waals surface area contributed by atoms with Crippen LogP contribution < -0.4 is 11.3 Å². The second kappa shape index (κ2) is 6.05. The number of nitrogens with one attached hydrogen (secondary N) is 1. The fourth-order valence-electron chi connectivity index (χ4n) is 2.02. The molecule has 0 aliphatic heterocycles. The molecule has 0 aliphatic carbocycles. The molecule has 0 spiro atoms. The number of halogens is 2. The minimum atomic E-state index is -0.142. The van der Waals surface area contributed by atoms with Gasteiger partial charge in [-0.3, -0.25) is 10.5 Å². The molecule has 0 aliphatic rings. The molecule has 4 nitrogen and oxygen atoms in total. The molecule has 0 amide bonds. The molecule has 0 saturated heterocycles. The van der Waals surface area contributed by atoms with Crippen molar-refractivity contribution in [1.29, 1.82) is 0 Å². The van der Waals surface area contributed by atoms with Crippen LogP contribution in [0.1, 0.15) is 37.2 Å². The zero-order valence-corrected chi connectivity index (χ0v) is 13.1. The van der Waals surface area contributed by atoms with Gasteiger partial charge < -0.3 is 0 Å². The van der Waals surface area contributed by atoms with Crippen molar-refractivity contribution >= 4 is 27.5 Å². The van der Waals surface area contributed by atoms with Crippen molar-refractivity contribution in [3.05, 3.63) is 51.2 Å². The van der Waals surface area contributed by atoms with Gasteiger partial charge in [0.15, 0.2) is 0 Å². The Labute approximate surface area is 126 Å². The summed E-state index contributed by atoms with van der Waals surface area (Å²) in [7, 11) is 0. The Morgan fingerprint density at radius 3 is 2.47 bits per heavy atom. The molecule has 0 bridgehead atoms. The van der Waals surface area contributed by atoms with Gasteiger partial charge in [-0.2, -0.15) is 5.10 Å². The number of benzene rings is 1. The molecule has 1 atom stereocenters. The predicted molar refractivity (Wildman–Crippen MR) is 80.9 cm³/mol. The smallest absolute Gasteiger partial charge is 0.0889 e. The highest BCUT2D eigenvalue weighted by Crippen LogP contribution is 2.30. The summed E-state index contributed by atoms with van der Waals surface area (Å²) in [6, 6.07) is 7.73. The van der Waals surface area contributed by atoms with Gasteiger partial charge in [-0.05, 0) is 47.5 Å². The molecule has 0 fully saturated rings. The summed E-state index contributed by atoms with van der Waals surface area (Å²) >= 11 is 9.45. The lowest BCUT2D eigenvalue weighted by atomic mass is 10.0. The van der Waals surface area contributed by atoms with E-state index in [0.717, 1.165) is 15.7 Å². The first-order chi connectivity index (χ1) is 9.04. The maximum Gasteiger partial charge on any atom is 0.0889 e. The van der Waals surface area contributed by atoms with Gasteiger partial charge in [-0.15, -0.1) is 0 Å². The number of hydrogen-bond acceptors (Lipinski definition) is 3. The van der Waals surface area contributed by atoms with Crippen LogP contribution in [0.15, 0.2) is 34.9 Å². The minimum Gasteiger partial charge on any atom is -0.271 e. The van der Waals surface area contributed by atoms with Crippen molar-refractivity contribution < 1.29 is 0 Å². The first-order valence-corrected chi connectivity index (χ1v) is 7.16. The van der Waals surface area contributed by atoms with E-state index >= 15 is 0 Å². The summed E-state index contributed by atoms with van der Waals surface area (Å²) in [5.41, 5.74) is 4.88. The van der Waals surface area contributed by atoms with Crippen LogP contribution in [0, 0.1) is 0 Å². The summed E-state index contributed by atoms with van der Waals surface area (Å²) in [4.78, 5) is 0. The third kappa shape index (κ3) is 3.00. The molecule has 0 radical (unpaired) electrons. The van der Waals surface area contributed by atoms with E-state index < -0.39 is 0 Å². The molecule has 3 N–H and O–H groups in total. The average Bonchev–Trinajstić information content (AvgIpc) is 2.75. The third-order valence-corrected chi connectivity index (χ3v) is 3.78. The highest BCUT2D eigenvalue weighted by atomic mass is 79.9. The number of aromatic nitrogens is 2. The van der Waals surface area contributed by atoms with Gasteiger partial charge >= 0.3 is 0 Å². The number of nitrogens with zero attached hydrogens (tertiary/aromatic N) is 2. The topological polar surface area (TPSA) is 55.9 Å². The quantitative estimate of drug-likeness (QED) is 0.660. The minimum absolute atomic E-state index is 0.142. The molecule has 1 heterocycles. The Hall–Kier alpha value is -0.880. The lowest BCUT2D eigenvalue weighted by molar-refractivity contribution is 0.475. The molecule has 1 unspecified atom stereocenters. The molecule has 1 aromatic carbocycles. The van der Waals surface area contributed by atoms with Crippen LogP contribution in [0.2, 0.25) is 5.02 Å². The first kappa shape index (κ1) is 14.5. The monoisotopic (exact) mass is 342 g/mol. The van der Waals surface area contributed by atoms with Gasteiger partial charge in [-0.25, -0.2) is 5.43 Å². The van der Waals surface area contributed by atoms with Gasteiger partial charge in [0.25, 0.3) is 0 Å². The van der Waals surface area contributed by atoms with E-state index in [9.17, 15) is 0 Å². The van der Waals surface area contributed by atoms with Crippen LogP contribution in [0.5, 0.6) is 0 Å². The van der Waals surface area contributed by atoms with Crippen molar-refractivity contribution in [2.75, 3.05) is 0 Å². The van der Waals surface area contributed by atoms with Crippen LogP contribution in [0.3, 0.4) is 0 Å². The second-order valence-corrected chi connectivity index (χ2v) is 5.86. The Morgan fingerprint density at radius 2 is 1.95 bits per heavy atom. The second-order valence-electron chi connectivity index (χ2n) is 4.57. The van der Waals surface area contributed by atoms with Crippen molar-refractivity contribution in [2.24, 2.45) is 5.84 Å². The van der Waals surface area contributed by atoms with Gasteiger partial charge in [0, 0.05) is 11.1 Å². The van der Waals surface area contributed by atoms with E-state index in [-0.39, 0.29) is 12.1 Å².